The molecule has 3 heteroatoms. The maximum Gasteiger partial charge on any atom is 0.274 e. The summed E-state index contributed by atoms with van der Waals surface area (Å²) in [5.74, 6) is 0. The van der Waals surface area contributed by atoms with Gasteiger partial charge in [-0.25, -0.2) is 0 Å². The normalized spacial score (nSPS) is 10.7. The number of hydrogen-bond acceptors (Lipinski definition) is 1. The Morgan fingerprint density at radius 2 is 1.94 bits per heavy atom. The molecule has 0 saturated heterocycles. The molecule has 1 aromatic heterocycles. The van der Waals surface area contributed by atoms with Gasteiger partial charge in [-0.3, -0.25) is 14.6 Å². The molecular formula is C14H18N2O. The van der Waals surface area contributed by atoms with Crippen LogP contribution in [0.3, 0.4) is 0 Å². The van der Waals surface area contributed by atoms with Gasteiger partial charge in [0.15, 0.2) is 0 Å². The summed E-state index contributed by atoms with van der Waals surface area (Å²) < 4.78 is 1.56. The Labute approximate surface area is 101 Å². The highest BCUT2D eigenvalue weighted by Gasteiger charge is 2.13. The SMILES string of the molecule is CCCCc1[nH]n(C)c(=O)c1-c1ccccc1. The highest BCUT2D eigenvalue weighted by atomic mass is 16.1. The first-order chi connectivity index (χ1) is 8.24. The fourth-order valence-electron chi connectivity index (χ4n) is 2.04. The van der Waals surface area contributed by atoms with Crippen molar-refractivity contribution in [3.05, 3.63) is 46.4 Å². The largest absolute Gasteiger partial charge is 0.299 e. The first-order valence-electron chi connectivity index (χ1n) is 6.07. The molecule has 2 rings (SSSR count). The minimum Gasteiger partial charge on any atom is -0.299 e. The van der Waals surface area contributed by atoms with Gasteiger partial charge < -0.3 is 0 Å². The van der Waals surface area contributed by atoms with Gasteiger partial charge in [0, 0.05) is 12.7 Å². The van der Waals surface area contributed by atoms with Gasteiger partial charge in [-0.05, 0) is 18.4 Å². The number of aromatic amines is 1. The molecule has 0 aliphatic rings. The van der Waals surface area contributed by atoms with Crippen LogP contribution in [-0.2, 0) is 13.5 Å². The number of hydrogen-bond donors (Lipinski definition) is 1. The molecule has 1 N–H and O–H groups in total. The molecule has 0 atom stereocenters. The van der Waals surface area contributed by atoms with E-state index in [1.165, 1.54) is 0 Å². The molecule has 0 aliphatic heterocycles. The Balaban J connectivity index is 2.48. The van der Waals surface area contributed by atoms with Crippen molar-refractivity contribution in [2.24, 2.45) is 7.05 Å². The Kier molecular flexibility index (Phi) is 3.47. The van der Waals surface area contributed by atoms with Crippen molar-refractivity contribution in [2.75, 3.05) is 0 Å². The Bertz CT molecular complexity index is 537. The molecular weight excluding hydrogens is 212 g/mol. The predicted molar refractivity (Wildman–Crippen MR) is 70.1 cm³/mol. The second-order valence-electron chi connectivity index (χ2n) is 4.30. The molecule has 90 valence electrons. The minimum absolute atomic E-state index is 0.0577. The van der Waals surface area contributed by atoms with E-state index in [2.05, 4.69) is 12.0 Å². The molecule has 0 bridgehead atoms. The molecule has 0 fully saturated rings. The molecule has 2 aromatic rings. The van der Waals surface area contributed by atoms with E-state index >= 15 is 0 Å². The zero-order chi connectivity index (χ0) is 12.3. The van der Waals surface area contributed by atoms with E-state index in [1.807, 2.05) is 30.3 Å². The average molecular weight is 230 g/mol. The lowest BCUT2D eigenvalue weighted by Crippen LogP contribution is -2.12. The van der Waals surface area contributed by atoms with Crippen molar-refractivity contribution in [3.63, 3.8) is 0 Å². The summed E-state index contributed by atoms with van der Waals surface area (Å²) in [6.07, 6.45) is 3.15. The molecule has 0 aliphatic carbocycles. The third-order valence-electron chi connectivity index (χ3n) is 2.97. The molecule has 17 heavy (non-hydrogen) atoms. The zero-order valence-electron chi connectivity index (χ0n) is 10.4. The highest BCUT2D eigenvalue weighted by molar-refractivity contribution is 5.65. The number of benzene rings is 1. The van der Waals surface area contributed by atoms with Crippen molar-refractivity contribution in [1.82, 2.24) is 9.78 Å². The molecule has 0 amide bonds. The highest BCUT2D eigenvalue weighted by Crippen LogP contribution is 2.19. The molecule has 1 heterocycles. The number of rotatable bonds is 4. The van der Waals surface area contributed by atoms with Crippen molar-refractivity contribution in [1.29, 1.82) is 0 Å². The van der Waals surface area contributed by atoms with Crippen LogP contribution < -0.4 is 5.56 Å². The van der Waals surface area contributed by atoms with Crippen molar-refractivity contribution in [2.45, 2.75) is 26.2 Å². The molecule has 1 aromatic carbocycles. The Morgan fingerprint density at radius 3 is 2.59 bits per heavy atom. The van der Waals surface area contributed by atoms with Crippen LogP contribution in [0.2, 0.25) is 0 Å². The summed E-state index contributed by atoms with van der Waals surface area (Å²) in [5.41, 5.74) is 2.93. The van der Waals surface area contributed by atoms with E-state index in [4.69, 9.17) is 0 Å². The van der Waals surface area contributed by atoms with Gasteiger partial charge in [-0.15, -0.1) is 0 Å². The quantitative estimate of drug-likeness (QED) is 0.861. The molecule has 0 spiro atoms. The van der Waals surface area contributed by atoms with E-state index in [0.717, 1.165) is 36.1 Å². The van der Waals surface area contributed by atoms with Crippen LogP contribution in [-0.4, -0.2) is 9.78 Å². The summed E-state index contributed by atoms with van der Waals surface area (Å²) in [6.45, 7) is 2.16. The van der Waals surface area contributed by atoms with E-state index in [-0.39, 0.29) is 5.56 Å². The van der Waals surface area contributed by atoms with Gasteiger partial charge in [-0.2, -0.15) is 0 Å². The number of H-pyrrole nitrogens is 1. The Hall–Kier alpha value is -1.77. The number of aromatic nitrogens is 2. The number of nitrogens with one attached hydrogen (secondary N) is 1. The zero-order valence-corrected chi connectivity index (χ0v) is 10.4. The third-order valence-corrected chi connectivity index (χ3v) is 2.97. The van der Waals surface area contributed by atoms with Crippen LogP contribution in [0, 0.1) is 0 Å². The van der Waals surface area contributed by atoms with Crippen molar-refractivity contribution < 1.29 is 0 Å². The van der Waals surface area contributed by atoms with Gasteiger partial charge in [-0.1, -0.05) is 43.7 Å². The molecule has 0 radical (unpaired) electrons. The van der Waals surface area contributed by atoms with Gasteiger partial charge in [0.1, 0.15) is 0 Å². The van der Waals surface area contributed by atoms with E-state index in [0.29, 0.717) is 0 Å². The number of unbranched alkanes of at least 4 members (excludes halogenated alkanes) is 1. The topological polar surface area (TPSA) is 37.8 Å². The minimum atomic E-state index is 0.0577. The smallest absolute Gasteiger partial charge is 0.274 e. The van der Waals surface area contributed by atoms with E-state index in [9.17, 15) is 4.79 Å². The van der Waals surface area contributed by atoms with Crippen molar-refractivity contribution in [3.8, 4) is 11.1 Å². The average Bonchev–Trinajstić information content (AvgIpc) is 2.64. The van der Waals surface area contributed by atoms with Crippen LogP contribution in [0.5, 0.6) is 0 Å². The number of nitrogens with zero attached hydrogens (tertiary/aromatic N) is 1. The summed E-state index contributed by atoms with van der Waals surface area (Å²) in [6, 6.07) is 9.86. The first kappa shape index (κ1) is 11.7. The van der Waals surface area contributed by atoms with Crippen LogP contribution in [0.15, 0.2) is 35.1 Å². The number of aryl methyl sites for hydroxylation is 2. The third kappa shape index (κ3) is 2.33. The van der Waals surface area contributed by atoms with E-state index < -0.39 is 0 Å². The second kappa shape index (κ2) is 5.04. The van der Waals surface area contributed by atoms with Crippen molar-refractivity contribution >= 4 is 0 Å². The maximum atomic E-state index is 12.1. The summed E-state index contributed by atoms with van der Waals surface area (Å²) in [4.78, 5) is 12.1. The lowest BCUT2D eigenvalue weighted by Gasteiger charge is -2.01. The summed E-state index contributed by atoms with van der Waals surface area (Å²) in [7, 11) is 1.77. The van der Waals surface area contributed by atoms with E-state index in [1.54, 1.807) is 11.7 Å². The summed E-state index contributed by atoms with van der Waals surface area (Å²) in [5, 5.41) is 3.15. The van der Waals surface area contributed by atoms with Crippen LogP contribution in [0.1, 0.15) is 25.5 Å². The fourth-order valence-corrected chi connectivity index (χ4v) is 2.04. The lowest BCUT2D eigenvalue weighted by atomic mass is 10.0. The van der Waals surface area contributed by atoms with Crippen LogP contribution >= 0.6 is 0 Å². The second-order valence-corrected chi connectivity index (χ2v) is 4.30. The molecule has 3 nitrogen and oxygen atoms in total. The van der Waals surface area contributed by atoms with Crippen LogP contribution in [0.25, 0.3) is 11.1 Å². The standard InChI is InChI=1S/C14H18N2O/c1-3-4-10-12-13(14(17)16(2)15-12)11-8-6-5-7-9-11/h5-9,15H,3-4,10H2,1-2H3. The molecule has 0 unspecified atom stereocenters. The first-order valence-corrected chi connectivity index (χ1v) is 6.07. The summed E-state index contributed by atoms with van der Waals surface area (Å²) >= 11 is 0. The van der Waals surface area contributed by atoms with Gasteiger partial charge in [0.05, 0.1) is 5.56 Å². The van der Waals surface area contributed by atoms with Gasteiger partial charge >= 0.3 is 0 Å². The fraction of sp³-hybridized carbons (Fsp3) is 0.357. The van der Waals surface area contributed by atoms with Gasteiger partial charge in [0.25, 0.3) is 5.56 Å². The molecule has 0 saturated carbocycles. The monoisotopic (exact) mass is 230 g/mol. The Morgan fingerprint density at radius 1 is 1.24 bits per heavy atom. The van der Waals surface area contributed by atoms with Gasteiger partial charge in [0.2, 0.25) is 0 Å². The maximum absolute atomic E-state index is 12.1. The lowest BCUT2D eigenvalue weighted by molar-refractivity contribution is 0.699. The predicted octanol–water partition coefficient (Wildman–Crippen LogP) is 2.72. The van der Waals surface area contributed by atoms with Crippen LogP contribution in [0.4, 0.5) is 0 Å².